The molecule has 0 aliphatic carbocycles. The van der Waals surface area contributed by atoms with Gasteiger partial charge >= 0.3 is 11.3 Å². The summed E-state index contributed by atoms with van der Waals surface area (Å²) in [6.45, 7) is 7.88. The fourth-order valence-electron chi connectivity index (χ4n) is 4.34. The molecule has 9 nitrogen and oxygen atoms in total. The number of nitrogens with zero attached hydrogens (tertiary/aromatic N) is 3. The molecule has 2 aromatic carbocycles. The van der Waals surface area contributed by atoms with Gasteiger partial charge in [0.2, 0.25) is 0 Å². The van der Waals surface area contributed by atoms with Gasteiger partial charge in [-0.15, -0.1) is 0 Å². The molecule has 2 aromatic rings. The average Bonchev–Trinajstić information content (AvgIpc) is 3.42. The zero-order valence-corrected chi connectivity index (χ0v) is 23.1. The molecule has 0 aromatic heterocycles. The van der Waals surface area contributed by atoms with Crippen molar-refractivity contribution in [3.8, 4) is 11.5 Å². The van der Waals surface area contributed by atoms with Gasteiger partial charge in [0.05, 0.1) is 32.1 Å². The molecule has 1 saturated heterocycles. The first-order valence-corrected chi connectivity index (χ1v) is 14.0. The van der Waals surface area contributed by atoms with Gasteiger partial charge in [-0.05, 0) is 82.1 Å². The maximum Gasteiger partial charge on any atom is 0.411 e. The van der Waals surface area contributed by atoms with Crippen LogP contribution in [0.1, 0.15) is 44.2 Å². The number of rotatable bonds is 11. The van der Waals surface area contributed by atoms with Crippen molar-refractivity contribution in [3.05, 3.63) is 53.6 Å². The largest absolute Gasteiger partial charge is 0.493 e. The third-order valence-electron chi connectivity index (χ3n) is 6.23. The van der Waals surface area contributed by atoms with Crippen LogP contribution in [-0.4, -0.2) is 72.2 Å². The molecule has 0 atom stereocenters. The lowest BCUT2D eigenvalue weighted by atomic mass is 10.1. The number of benzene rings is 2. The van der Waals surface area contributed by atoms with Crippen LogP contribution in [0.4, 0.5) is 15.3 Å². The Morgan fingerprint density at radius 2 is 1.87 bits per heavy atom. The van der Waals surface area contributed by atoms with Gasteiger partial charge in [0, 0.05) is 23.5 Å². The Kier molecular flexibility index (Phi) is 9.89. The van der Waals surface area contributed by atoms with Gasteiger partial charge < -0.3 is 19.1 Å². The minimum Gasteiger partial charge on any atom is -0.493 e. The first-order valence-electron chi connectivity index (χ1n) is 13.0. The summed E-state index contributed by atoms with van der Waals surface area (Å²) in [6, 6.07) is 13.0. The Morgan fingerprint density at radius 1 is 1.11 bits per heavy atom. The molecule has 204 valence electrons. The van der Waals surface area contributed by atoms with E-state index >= 15 is 0 Å². The first kappa shape index (κ1) is 27.8. The molecule has 0 spiro atoms. The number of likely N-dealkylation sites (tertiary alicyclic amines) is 1. The lowest BCUT2D eigenvalue weighted by molar-refractivity contribution is 0.154. The zero-order chi connectivity index (χ0) is 26.9. The molecule has 10 heteroatoms. The maximum atomic E-state index is 12.6. The van der Waals surface area contributed by atoms with Gasteiger partial charge in [0.25, 0.3) is 0 Å². The van der Waals surface area contributed by atoms with Crippen LogP contribution in [0.5, 0.6) is 11.5 Å². The van der Waals surface area contributed by atoms with Crippen LogP contribution in [0.15, 0.2) is 47.6 Å². The number of carbonyl (C=O) groups is 2. The number of nitrogens with one attached hydrogen (secondary N) is 1. The van der Waals surface area contributed by atoms with Gasteiger partial charge in [-0.1, -0.05) is 23.9 Å². The van der Waals surface area contributed by atoms with Gasteiger partial charge in [-0.25, -0.2) is 9.80 Å². The van der Waals surface area contributed by atoms with E-state index in [4.69, 9.17) is 14.2 Å². The molecule has 4 rings (SSSR count). The fourth-order valence-corrected chi connectivity index (χ4v) is 5.08. The Morgan fingerprint density at radius 3 is 2.58 bits per heavy atom. The number of methoxy groups -OCH3 is 1. The number of hydrazone groups is 1. The number of ether oxygens (including phenoxy) is 3. The van der Waals surface area contributed by atoms with Crippen molar-refractivity contribution in [2.75, 3.05) is 44.4 Å². The monoisotopic (exact) mass is 540 g/mol. The molecule has 1 fully saturated rings. The standard InChI is InChI=1S/C28H36N4O5S/c1-20(2)37-26-17-22(9-12-25(26)35-3)24-19-38-28(34)32(30-24)18-21-7-10-23(11-8-21)29-27(33)36-16-6-15-31-13-4-5-14-31/h7-12,17,20H,4-6,13-16,18-19H2,1-3H3,(H,29,33). The third-order valence-corrected chi connectivity index (χ3v) is 7.10. The Labute approximate surface area is 228 Å². The number of hydrogen-bond donors (Lipinski definition) is 1. The van der Waals surface area contributed by atoms with Crippen LogP contribution in [-0.2, 0) is 11.3 Å². The third kappa shape index (κ3) is 7.88. The summed E-state index contributed by atoms with van der Waals surface area (Å²) in [7, 11) is 1.61. The predicted molar refractivity (Wildman–Crippen MR) is 150 cm³/mol. The van der Waals surface area contributed by atoms with Crippen molar-refractivity contribution in [1.82, 2.24) is 9.91 Å². The summed E-state index contributed by atoms with van der Waals surface area (Å²) < 4.78 is 16.6. The van der Waals surface area contributed by atoms with Crippen molar-refractivity contribution < 1.29 is 23.8 Å². The van der Waals surface area contributed by atoms with E-state index in [-0.39, 0.29) is 11.3 Å². The highest BCUT2D eigenvalue weighted by Gasteiger charge is 2.23. The quantitative estimate of drug-likeness (QED) is 0.372. The SMILES string of the molecule is COc1ccc(C2=NN(Cc3ccc(NC(=O)OCCCN4CCCC4)cc3)C(=O)SC2)cc1OC(C)C. The smallest absolute Gasteiger partial charge is 0.411 e. The molecule has 0 saturated carbocycles. The van der Waals surface area contributed by atoms with E-state index < -0.39 is 6.09 Å². The minimum atomic E-state index is -0.462. The summed E-state index contributed by atoms with van der Waals surface area (Å²) in [5, 5.41) is 8.75. The molecule has 2 heterocycles. The van der Waals surface area contributed by atoms with Crippen molar-refractivity contribution in [2.24, 2.45) is 5.10 Å². The molecular weight excluding hydrogens is 504 g/mol. The first-order chi connectivity index (χ1) is 18.4. The van der Waals surface area contributed by atoms with Gasteiger partial charge in [-0.2, -0.15) is 5.10 Å². The summed E-state index contributed by atoms with van der Waals surface area (Å²) in [5.74, 6) is 1.77. The molecular formula is C28H36N4O5S. The Balaban J connectivity index is 1.32. The van der Waals surface area contributed by atoms with Crippen LogP contribution >= 0.6 is 11.8 Å². The molecule has 0 unspecified atom stereocenters. The number of carbonyl (C=O) groups excluding carboxylic acids is 2. The minimum absolute atomic E-state index is 0.000931. The second kappa shape index (κ2) is 13.5. The lowest BCUT2D eigenvalue weighted by Gasteiger charge is -2.24. The second-order valence-corrected chi connectivity index (χ2v) is 10.5. The number of thioether (sulfide) groups is 1. The topological polar surface area (TPSA) is 92.7 Å². The van der Waals surface area contributed by atoms with Crippen LogP contribution in [0.2, 0.25) is 0 Å². The number of hydrogen-bond acceptors (Lipinski definition) is 8. The number of anilines is 1. The summed E-state index contributed by atoms with van der Waals surface area (Å²) in [5.41, 5.74) is 3.20. The Bertz CT molecular complexity index is 1130. The van der Waals surface area contributed by atoms with Gasteiger partial charge in [0.15, 0.2) is 11.5 Å². The van der Waals surface area contributed by atoms with E-state index in [1.54, 1.807) is 19.2 Å². The summed E-state index contributed by atoms with van der Waals surface area (Å²) in [6.07, 6.45) is 2.88. The molecule has 2 amide bonds. The fraction of sp³-hybridized carbons (Fsp3) is 0.464. The van der Waals surface area contributed by atoms with E-state index in [1.165, 1.54) is 29.6 Å². The van der Waals surface area contributed by atoms with Crippen LogP contribution in [0, 0.1) is 0 Å². The summed E-state index contributed by atoms with van der Waals surface area (Å²) in [4.78, 5) is 27.1. The molecule has 0 radical (unpaired) electrons. The summed E-state index contributed by atoms with van der Waals surface area (Å²) >= 11 is 1.21. The van der Waals surface area contributed by atoms with Crippen molar-refractivity contribution >= 4 is 34.5 Å². The molecule has 0 bridgehead atoms. The normalized spacial score (nSPS) is 15.9. The highest BCUT2D eigenvalue weighted by Crippen LogP contribution is 2.31. The van der Waals surface area contributed by atoms with E-state index in [0.29, 0.717) is 36.1 Å². The molecule has 38 heavy (non-hydrogen) atoms. The maximum absolute atomic E-state index is 12.6. The second-order valence-electron chi connectivity index (χ2n) is 9.55. The Hall–Kier alpha value is -3.24. The zero-order valence-electron chi connectivity index (χ0n) is 22.3. The van der Waals surface area contributed by atoms with Crippen molar-refractivity contribution in [1.29, 1.82) is 0 Å². The van der Waals surface area contributed by atoms with Crippen molar-refractivity contribution in [3.63, 3.8) is 0 Å². The van der Waals surface area contributed by atoms with Crippen LogP contribution in [0.25, 0.3) is 0 Å². The van der Waals surface area contributed by atoms with Gasteiger partial charge in [0.1, 0.15) is 0 Å². The molecule has 2 aliphatic heterocycles. The van der Waals surface area contributed by atoms with Gasteiger partial charge in [-0.3, -0.25) is 10.1 Å². The molecule has 2 aliphatic rings. The highest BCUT2D eigenvalue weighted by molar-refractivity contribution is 8.14. The van der Waals surface area contributed by atoms with E-state index in [1.807, 2.05) is 44.2 Å². The van der Waals surface area contributed by atoms with Crippen molar-refractivity contribution in [2.45, 2.75) is 45.8 Å². The van der Waals surface area contributed by atoms with Crippen LogP contribution in [0.3, 0.4) is 0 Å². The highest BCUT2D eigenvalue weighted by atomic mass is 32.2. The number of amides is 2. The van der Waals surface area contributed by atoms with E-state index in [2.05, 4.69) is 15.3 Å². The lowest BCUT2D eigenvalue weighted by Crippen LogP contribution is -2.29. The van der Waals surface area contributed by atoms with E-state index in [9.17, 15) is 9.59 Å². The van der Waals surface area contributed by atoms with Crippen LogP contribution < -0.4 is 14.8 Å². The average molecular weight is 541 g/mol. The van der Waals surface area contributed by atoms with E-state index in [0.717, 1.165) is 42.9 Å². The molecule has 1 N–H and O–H groups in total. The predicted octanol–water partition coefficient (Wildman–Crippen LogP) is 5.59.